The van der Waals surface area contributed by atoms with Gasteiger partial charge in [0.15, 0.2) is 22.7 Å². The van der Waals surface area contributed by atoms with E-state index in [-0.39, 0.29) is 12.0 Å². The van der Waals surface area contributed by atoms with Crippen molar-refractivity contribution >= 4 is 11.0 Å². The maximum Gasteiger partial charge on any atom is 0.244 e. The molecule has 0 amide bonds. The number of methoxy groups -OCH3 is 2. The molecule has 0 radical (unpaired) electrons. The number of rotatable bonds is 9. The first kappa shape index (κ1) is 23.1. The summed E-state index contributed by atoms with van der Waals surface area (Å²) in [6, 6.07) is 9.97. The molecule has 1 aliphatic rings. The van der Waals surface area contributed by atoms with Gasteiger partial charge in [-0.05, 0) is 18.2 Å². The molecule has 2 aromatic carbocycles. The van der Waals surface area contributed by atoms with Crippen LogP contribution in [-0.2, 0) is 9.47 Å². The van der Waals surface area contributed by atoms with Crippen molar-refractivity contribution in [2.45, 2.75) is 19.6 Å². The Morgan fingerprint density at radius 3 is 2.47 bits per heavy atom. The second-order valence-corrected chi connectivity index (χ2v) is 7.93. The minimum Gasteiger partial charge on any atom is -0.496 e. The quantitative estimate of drug-likeness (QED) is 0.405. The molecule has 0 atom stereocenters. The van der Waals surface area contributed by atoms with E-state index in [2.05, 4.69) is 6.58 Å². The van der Waals surface area contributed by atoms with Crippen LogP contribution in [0.25, 0.3) is 22.3 Å². The molecule has 1 aromatic heterocycles. The molecule has 8 nitrogen and oxygen atoms in total. The van der Waals surface area contributed by atoms with E-state index in [1.165, 1.54) is 19.4 Å². The fraction of sp³-hybridized carbons (Fsp3) is 0.269. The van der Waals surface area contributed by atoms with Gasteiger partial charge in [-0.3, -0.25) is 4.79 Å². The fourth-order valence-electron chi connectivity index (χ4n) is 3.50. The van der Waals surface area contributed by atoms with Gasteiger partial charge in [0.1, 0.15) is 47.7 Å². The molecule has 8 heteroatoms. The molecule has 0 spiro atoms. The molecule has 0 saturated heterocycles. The first-order valence-electron chi connectivity index (χ1n) is 10.6. The first-order chi connectivity index (χ1) is 16.3. The van der Waals surface area contributed by atoms with Crippen LogP contribution in [0.1, 0.15) is 13.8 Å². The van der Waals surface area contributed by atoms with Gasteiger partial charge in [-0.25, -0.2) is 0 Å². The molecule has 1 aliphatic heterocycles. The molecular weight excluding hydrogens is 440 g/mol. The second-order valence-electron chi connectivity index (χ2n) is 7.93. The average Bonchev–Trinajstić information content (AvgIpc) is 3.18. The lowest BCUT2D eigenvalue weighted by Gasteiger charge is -2.18. The lowest BCUT2D eigenvalue weighted by molar-refractivity contribution is -0.119. The standard InChI is InChI=1S/C26H26O8/c1-6-9-30-22-10-16(7-8-20(22)28-4)21-13-19(27)25-23(29-5)11-17(12-24(25)33-21)31-14-18-15-32-26(2,3)34-18/h6-8,10-13,15H,1,9,14H2,2-5H3. The molecule has 4 rings (SSSR count). The molecule has 0 fully saturated rings. The van der Waals surface area contributed by atoms with E-state index < -0.39 is 5.79 Å². The summed E-state index contributed by atoms with van der Waals surface area (Å²) in [6.45, 7) is 7.72. The SMILES string of the molecule is C=CCOc1cc(-c2cc(=O)c3c(OC)cc(OCC4=COC(C)(C)O4)cc3o2)ccc1OC. The monoisotopic (exact) mass is 466 g/mol. The number of hydrogen-bond acceptors (Lipinski definition) is 8. The Bertz CT molecular complexity index is 1300. The molecule has 3 aromatic rings. The Balaban J connectivity index is 1.70. The minimum atomic E-state index is -0.728. The lowest BCUT2D eigenvalue weighted by Crippen LogP contribution is -2.21. The number of hydrogen-bond donors (Lipinski definition) is 0. The highest BCUT2D eigenvalue weighted by molar-refractivity contribution is 5.86. The van der Waals surface area contributed by atoms with E-state index in [1.807, 2.05) is 0 Å². The zero-order valence-corrected chi connectivity index (χ0v) is 19.5. The van der Waals surface area contributed by atoms with Crippen LogP contribution in [0, 0.1) is 0 Å². The Kier molecular flexibility index (Phi) is 6.40. The molecule has 0 aliphatic carbocycles. The molecule has 0 N–H and O–H groups in total. The van der Waals surface area contributed by atoms with Gasteiger partial charge in [0.2, 0.25) is 5.79 Å². The van der Waals surface area contributed by atoms with Gasteiger partial charge in [0.25, 0.3) is 0 Å². The summed E-state index contributed by atoms with van der Waals surface area (Å²) in [5, 5.41) is 0.316. The highest BCUT2D eigenvalue weighted by atomic mass is 16.7. The summed E-state index contributed by atoms with van der Waals surface area (Å²) >= 11 is 0. The van der Waals surface area contributed by atoms with Crippen molar-refractivity contribution in [2.75, 3.05) is 27.4 Å². The fourth-order valence-corrected chi connectivity index (χ4v) is 3.50. The van der Waals surface area contributed by atoms with E-state index in [0.717, 1.165) is 0 Å². The van der Waals surface area contributed by atoms with Crippen molar-refractivity contribution in [3.8, 4) is 34.3 Å². The Morgan fingerprint density at radius 2 is 1.79 bits per heavy atom. The number of ether oxygens (including phenoxy) is 6. The zero-order chi connectivity index (χ0) is 24.3. The third-order valence-corrected chi connectivity index (χ3v) is 5.02. The maximum absolute atomic E-state index is 13.0. The van der Waals surface area contributed by atoms with Crippen molar-refractivity contribution in [3.63, 3.8) is 0 Å². The van der Waals surface area contributed by atoms with Crippen molar-refractivity contribution < 1.29 is 32.8 Å². The third-order valence-electron chi connectivity index (χ3n) is 5.02. The van der Waals surface area contributed by atoms with E-state index in [1.54, 1.807) is 57.4 Å². The van der Waals surface area contributed by atoms with Crippen LogP contribution < -0.4 is 24.4 Å². The van der Waals surface area contributed by atoms with Crippen LogP contribution in [0.4, 0.5) is 0 Å². The van der Waals surface area contributed by atoms with Gasteiger partial charge < -0.3 is 32.8 Å². The topological polar surface area (TPSA) is 85.6 Å². The second kappa shape index (κ2) is 9.43. The Morgan fingerprint density at radius 1 is 1.00 bits per heavy atom. The molecule has 0 saturated carbocycles. The predicted molar refractivity (Wildman–Crippen MR) is 127 cm³/mol. The van der Waals surface area contributed by atoms with Gasteiger partial charge in [-0.15, -0.1) is 0 Å². The zero-order valence-electron chi connectivity index (χ0n) is 19.5. The summed E-state index contributed by atoms with van der Waals surface area (Å²) in [5.41, 5.74) is 0.716. The van der Waals surface area contributed by atoms with Crippen LogP contribution >= 0.6 is 0 Å². The first-order valence-corrected chi connectivity index (χ1v) is 10.6. The molecule has 0 bridgehead atoms. The van der Waals surface area contributed by atoms with Gasteiger partial charge in [0.05, 0.1) is 14.2 Å². The number of benzene rings is 2. The van der Waals surface area contributed by atoms with Gasteiger partial charge in [0, 0.05) is 37.6 Å². The van der Waals surface area contributed by atoms with E-state index in [4.69, 9.17) is 32.8 Å². The smallest absolute Gasteiger partial charge is 0.244 e. The molecule has 2 heterocycles. The summed E-state index contributed by atoms with van der Waals surface area (Å²) < 4.78 is 39.5. The van der Waals surface area contributed by atoms with Gasteiger partial charge in [-0.1, -0.05) is 12.7 Å². The summed E-state index contributed by atoms with van der Waals surface area (Å²) in [5.74, 6) is 2.03. The average molecular weight is 466 g/mol. The van der Waals surface area contributed by atoms with Crippen LogP contribution in [0.5, 0.6) is 23.0 Å². The molecule has 34 heavy (non-hydrogen) atoms. The third kappa shape index (κ3) is 4.80. The predicted octanol–water partition coefficient (Wildman–Crippen LogP) is 5.05. The highest BCUT2D eigenvalue weighted by Gasteiger charge is 2.28. The lowest BCUT2D eigenvalue weighted by atomic mass is 10.1. The van der Waals surface area contributed by atoms with Crippen LogP contribution in [0.15, 0.2) is 70.3 Å². The maximum atomic E-state index is 13.0. The highest BCUT2D eigenvalue weighted by Crippen LogP contribution is 2.36. The van der Waals surface area contributed by atoms with E-state index in [0.29, 0.717) is 57.7 Å². The normalized spacial score (nSPS) is 14.1. The van der Waals surface area contributed by atoms with Gasteiger partial charge >= 0.3 is 0 Å². The summed E-state index contributed by atoms with van der Waals surface area (Å²) in [7, 11) is 3.04. The summed E-state index contributed by atoms with van der Waals surface area (Å²) in [6.07, 6.45) is 3.15. The van der Waals surface area contributed by atoms with E-state index in [9.17, 15) is 4.79 Å². The van der Waals surface area contributed by atoms with Crippen molar-refractivity contribution in [1.82, 2.24) is 0 Å². The molecule has 0 unspecified atom stereocenters. The van der Waals surface area contributed by atoms with Crippen molar-refractivity contribution in [2.24, 2.45) is 0 Å². The number of fused-ring (bicyclic) bond motifs is 1. The van der Waals surface area contributed by atoms with Gasteiger partial charge in [-0.2, -0.15) is 0 Å². The largest absolute Gasteiger partial charge is 0.496 e. The Labute approximate surface area is 196 Å². The summed E-state index contributed by atoms with van der Waals surface area (Å²) in [4.78, 5) is 13.0. The van der Waals surface area contributed by atoms with Crippen molar-refractivity contribution in [3.05, 3.63) is 71.3 Å². The molecular formula is C26H26O8. The Hall–Kier alpha value is -4.07. The van der Waals surface area contributed by atoms with E-state index >= 15 is 0 Å². The van der Waals surface area contributed by atoms with Crippen LogP contribution in [0.3, 0.4) is 0 Å². The van der Waals surface area contributed by atoms with Crippen LogP contribution in [0.2, 0.25) is 0 Å². The van der Waals surface area contributed by atoms with Crippen molar-refractivity contribution in [1.29, 1.82) is 0 Å². The van der Waals surface area contributed by atoms with Crippen LogP contribution in [-0.4, -0.2) is 33.2 Å². The molecule has 178 valence electrons. The minimum absolute atomic E-state index is 0.143.